The molecule has 0 unspecified atom stereocenters. The maximum absolute atomic E-state index is 4.22. The summed E-state index contributed by atoms with van der Waals surface area (Å²) in [5.41, 5.74) is 3.91. The fourth-order valence-electron chi connectivity index (χ4n) is 2.65. The lowest BCUT2D eigenvalue weighted by atomic mass is 9.75. The van der Waals surface area contributed by atoms with Crippen LogP contribution in [0.2, 0.25) is 0 Å². The lowest BCUT2D eigenvalue weighted by molar-refractivity contribution is 0.288. The summed E-state index contributed by atoms with van der Waals surface area (Å²) in [6.45, 7) is 3.00. The van der Waals surface area contributed by atoms with Gasteiger partial charge in [-0.05, 0) is 37.3 Å². The molecular formula is C16H19N3. The predicted octanol–water partition coefficient (Wildman–Crippen LogP) is 2.82. The summed E-state index contributed by atoms with van der Waals surface area (Å²) >= 11 is 0. The first kappa shape index (κ1) is 12.3. The van der Waals surface area contributed by atoms with Crippen molar-refractivity contribution in [2.45, 2.75) is 38.3 Å². The topological polar surface area (TPSA) is 37.8 Å². The molecule has 1 aromatic carbocycles. The van der Waals surface area contributed by atoms with Crippen molar-refractivity contribution in [1.29, 1.82) is 0 Å². The standard InChI is InChI=1S/C16H19N3/c1-12-3-2-4-13(7-12)14-8-16(9-14)18-10-15-5-6-17-11-19-15/h2-7,11,14,16,18H,8-10H2,1H3. The Hall–Kier alpha value is -1.74. The van der Waals surface area contributed by atoms with Gasteiger partial charge in [-0.25, -0.2) is 9.97 Å². The first-order valence-corrected chi connectivity index (χ1v) is 6.86. The number of nitrogens with one attached hydrogen (secondary N) is 1. The van der Waals surface area contributed by atoms with Gasteiger partial charge in [-0.15, -0.1) is 0 Å². The van der Waals surface area contributed by atoms with Gasteiger partial charge in [0.15, 0.2) is 0 Å². The molecule has 0 radical (unpaired) electrons. The van der Waals surface area contributed by atoms with Gasteiger partial charge in [0.25, 0.3) is 0 Å². The second-order valence-electron chi connectivity index (χ2n) is 5.36. The monoisotopic (exact) mass is 253 g/mol. The third-order valence-corrected chi connectivity index (χ3v) is 3.87. The van der Waals surface area contributed by atoms with Crippen molar-refractivity contribution in [3.05, 3.63) is 59.7 Å². The molecule has 3 nitrogen and oxygen atoms in total. The summed E-state index contributed by atoms with van der Waals surface area (Å²) in [5, 5.41) is 3.56. The SMILES string of the molecule is Cc1cccc(C2CC(NCc3ccncn3)C2)c1. The van der Waals surface area contributed by atoms with E-state index in [2.05, 4.69) is 46.5 Å². The van der Waals surface area contributed by atoms with Gasteiger partial charge in [0.1, 0.15) is 6.33 Å². The fraction of sp³-hybridized carbons (Fsp3) is 0.375. The molecule has 3 rings (SSSR count). The van der Waals surface area contributed by atoms with Crippen molar-refractivity contribution in [2.24, 2.45) is 0 Å². The van der Waals surface area contributed by atoms with Crippen LogP contribution < -0.4 is 5.32 Å². The van der Waals surface area contributed by atoms with Gasteiger partial charge in [0.2, 0.25) is 0 Å². The predicted molar refractivity (Wildman–Crippen MR) is 75.8 cm³/mol. The fourth-order valence-corrected chi connectivity index (χ4v) is 2.65. The van der Waals surface area contributed by atoms with Crippen molar-refractivity contribution in [3.63, 3.8) is 0 Å². The van der Waals surface area contributed by atoms with E-state index in [-0.39, 0.29) is 0 Å². The van der Waals surface area contributed by atoms with Gasteiger partial charge >= 0.3 is 0 Å². The Balaban J connectivity index is 1.48. The molecule has 0 amide bonds. The minimum atomic E-state index is 0.625. The van der Waals surface area contributed by atoms with Gasteiger partial charge in [-0.2, -0.15) is 0 Å². The number of nitrogens with zero attached hydrogens (tertiary/aromatic N) is 2. The highest BCUT2D eigenvalue weighted by atomic mass is 15.0. The molecule has 0 spiro atoms. The zero-order valence-corrected chi connectivity index (χ0v) is 11.2. The van der Waals surface area contributed by atoms with Crippen LogP contribution in [0, 0.1) is 6.92 Å². The number of aromatic nitrogens is 2. The molecule has 1 fully saturated rings. The summed E-state index contributed by atoms with van der Waals surface area (Å²) in [4.78, 5) is 8.15. The van der Waals surface area contributed by atoms with Gasteiger partial charge in [0.05, 0.1) is 5.69 Å². The number of hydrogen-bond donors (Lipinski definition) is 1. The van der Waals surface area contributed by atoms with Crippen LogP contribution in [-0.4, -0.2) is 16.0 Å². The van der Waals surface area contributed by atoms with E-state index in [9.17, 15) is 0 Å². The smallest absolute Gasteiger partial charge is 0.115 e. The summed E-state index contributed by atoms with van der Waals surface area (Å²) in [5.74, 6) is 0.725. The average molecular weight is 253 g/mol. The number of hydrogen-bond acceptors (Lipinski definition) is 3. The zero-order valence-electron chi connectivity index (χ0n) is 11.2. The molecule has 0 aliphatic heterocycles. The molecule has 0 bridgehead atoms. The minimum Gasteiger partial charge on any atom is -0.308 e. The first-order valence-electron chi connectivity index (χ1n) is 6.86. The van der Waals surface area contributed by atoms with Crippen molar-refractivity contribution in [2.75, 3.05) is 0 Å². The molecule has 2 aromatic rings. The van der Waals surface area contributed by atoms with E-state index in [1.54, 1.807) is 12.5 Å². The van der Waals surface area contributed by atoms with E-state index >= 15 is 0 Å². The van der Waals surface area contributed by atoms with Crippen LogP contribution in [0.5, 0.6) is 0 Å². The van der Waals surface area contributed by atoms with E-state index in [4.69, 9.17) is 0 Å². The Morgan fingerprint density at radius 1 is 1.26 bits per heavy atom. The highest BCUT2D eigenvalue weighted by Gasteiger charge is 2.29. The molecule has 1 aliphatic carbocycles. The van der Waals surface area contributed by atoms with Gasteiger partial charge in [-0.3, -0.25) is 0 Å². The van der Waals surface area contributed by atoms with Crippen LogP contribution in [-0.2, 0) is 6.54 Å². The average Bonchev–Trinajstić information content (AvgIpc) is 2.38. The van der Waals surface area contributed by atoms with Crippen LogP contribution in [0.1, 0.15) is 35.6 Å². The van der Waals surface area contributed by atoms with Gasteiger partial charge in [-0.1, -0.05) is 29.8 Å². The van der Waals surface area contributed by atoms with E-state index in [1.165, 1.54) is 24.0 Å². The molecule has 0 atom stereocenters. The normalized spacial score (nSPS) is 21.9. The number of rotatable bonds is 4. The third-order valence-electron chi connectivity index (χ3n) is 3.87. The highest BCUT2D eigenvalue weighted by molar-refractivity contribution is 5.27. The Morgan fingerprint density at radius 2 is 2.16 bits per heavy atom. The summed E-state index contributed by atoms with van der Waals surface area (Å²) < 4.78 is 0. The van der Waals surface area contributed by atoms with Crippen LogP contribution in [0.15, 0.2) is 42.9 Å². The van der Waals surface area contributed by atoms with E-state index < -0.39 is 0 Å². The quantitative estimate of drug-likeness (QED) is 0.910. The maximum atomic E-state index is 4.22. The summed E-state index contributed by atoms with van der Waals surface area (Å²) in [6.07, 6.45) is 5.86. The van der Waals surface area contributed by atoms with Crippen LogP contribution in [0.25, 0.3) is 0 Å². The van der Waals surface area contributed by atoms with Crippen molar-refractivity contribution in [3.8, 4) is 0 Å². The molecule has 1 saturated carbocycles. The molecule has 1 N–H and O–H groups in total. The van der Waals surface area contributed by atoms with Crippen LogP contribution in [0.4, 0.5) is 0 Å². The van der Waals surface area contributed by atoms with E-state index in [1.807, 2.05) is 6.07 Å². The molecule has 1 aromatic heterocycles. The van der Waals surface area contributed by atoms with Crippen molar-refractivity contribution < 1.29 is 0 Å². The Morgan fingerprint density at radius 3 is 2.89 bits per heavy atom. The molecular weight excluding hydrogens is 234 g/mol. The molecule has 98 valence electrons. The van der Waals surface area contributed by atoms with E-state index in [0.29, 0.717) is 6.04 Å². The second kappa shape index (κ2) is 5.49. The van der Waals surface area contributed by atoms with Crippen LogP contribution >= 0.6 is 0 Å². The number of benzene rings is 1. The maximum Gasteiger partial charge on any atom is 0.115 e. The third kappa shape index (κ3) is 2.99. The summed E-state index contributed by atoms with van der Waals surface area (Å²) in [6, 6.07) is 11.5. The highest BCUT2D eigenvalue weighted by Crippen LogP contribution is 2.37. The summed E-state index contributed by atoms with van der Waals surface area (Å²) in [7, 11) is 0. The Bertz CT molecular complexity index is 533. The van der Waals surface area contributed by atoms with Crippen molar-refractivity contribution in [1.82, 2.24) is 15.3 Å². The second-order valence-corrected chi connectivity index (χ2v) is 5.36. The van der Waals surface area contributed by atoms with E-state index in [0.717, 1.165) is 18.2 Å². The van der Waals surface area contributed by atoms with Gasteiger partial charge in [0, 0.05) is 18.8 Å². The molecule has 1 aliphatic rings. The molecule has 3 heteroatoms. The zero-order chi connectivity index (χ0) is 13.1. The lowest BCUT2D eigenvalue weighted by Crippen LogP contribution is -2.39. The largest absolute Gasteiger partial charge is 0.308 e. The first-order chi connectivity index (χ1) is 9.31. The molecule has 1 heterocycles. The van der Waals surface area contributed by atoms with Crippen molar-refractivity contribution >= 4 is 0 Å². The molecule has 0 saturated heterocycles. The number of aryl methyl sites for hydroxylation is 1. The van der Waals surface area contributed by atoms with Crippen LogP contribution in [0.3, 0.4) is 0 Å². The minimum absolute atomic E-state index is 0.625. The molecule has 19 heavy (non-hydrogen) atoms. The Kier molecular flexibility index (Phi) is 3.56. The van der Waals surface area contributed by atoms with Gasteiger partial charge < -0.3 is 5.32 Å². The Labute approximate surface area is 114 Å². The lowest BCUT2D eigenvalue weighted by Gasteiger charge is -2.36.